The normalized spacial score (nSPS) is 21.7. The Hall–Kier alpha value is -1.72. The van der Waals surface area contributed by atoms with Gasteiger partial charge in [-0.2, -0.15) is 0 Å². The van der Waals surface area contributed by atoms with Gasteiger partial charge in [-0.15, -0.1) is 0 Å². The minimum absolute atomic E-state index is 0.107. The van der Waals surface area contributed by atoms with Gasteiger partial charge in [0.2, 0.25) is 0 Å². The number of hydrogen-bond acceptors (Lipinski definition) is 3. The van der Waals surface area contributed by atoms with E-state index in [1.165, 1.54) is 19.3 Å². The van der Waals surface area contributed by atoms with Crippen LogP contribution in [0.3, 0.4) is 0 Å². The van der Waals surface area contributed by atoms with Gasteiger partial charge in [-0.1, -0.05) is 11.6 Å². The lowest BCUT2D eigenvalue weighted by Gasteiger charge is -2.23. The van der Waals surface area contributed by atoms with Gasteiger partial charge in [0.15, 0.2) is 5.96 Å². The molecule has 0 aromatic rings. The third-order valence-electron chi connectivity index (χ3n) is 4.28. The third kappa shape index (κ3) is 6.06. The highest BCUT2D eigenvalue weighted by atomic mass is 16.6. The van der Waals surface area contributed by atoms with Crippen LogP contribution >= 0.6 is 0 Å². The van der Waals surface area contributed by atoms with Crippen LogP contribution in [0.25, 0.3) is 0 Å². The number of carbonyl (C=O) groups excluding carboxylic acids is 1. The van der Waals surface area contributed by atoms with Gasteiger partial charge in [0.25, 0.3) is 0 Å². The number of carbonyl (C=O) groups is 1. The smallest absolute Gasteiger partial charge is 0.407 e. The second-order valence-electron chi connectivity index (χ2n) is 7.56. The number of guanidine groups is 1. The van der Waals surface area contributed by atoms with Gasteiger partial charge < -0.3 is 20.3 Å². The molecule has 1 aliphatic heterocycles. The Bertz CT molecular complexity index is 494. The summed E-state index contributed by atoms with van der Waals surface area (Å²) in [6.07, 6.45) is 7.79. The first-order valence-corrected chi connectivity index (χ1v) is 9.00. The molecule has 1 saturated heterocycles. The number of nitrogens with one attached hydrogen (secondary N) is 2. The number of aliphatic imine (C=N–C) groups is 1. The molecule has 2 aliphatic rings. The van der Waals surface area contributed by atoms with Gasteiger partial charge in [-0.3, -0.25) is 4.99 Å². The molecule has 1 aliphatic carbocycles. The van der Waals surface area contributed by atoms with Crippen molar-refractivity contribution in [1.29, 1.82) is 0 Å². The van der Waals surface area contributed by atoms with Crippen LogP contribution in [0.2, 0.25) is 0 Å². The van der Waals surface area contributed by atoms with Crippen LogP contribution in [0.15, 0.2) is 16.6 Å². The highest BCUT2D eigenvalue weighted by Gasteiger charge is 2.27. The summed E-state index contributed by atoms with van der Waals surface area (Å²) in [7, 11) is 1.81. The van der Waals surface area contributed by atoms with Crippen LogP contribution in [-0.4, -0.2) is 55.3 Å². The van der Waals surface area contributed by atoms with Gasteiger partial charge in [0, 0.05) is 26.7 Å². The first kappa shape index (κ1) is 18.6. The van der Waals surface area contributed by atoms with Gasteiger partial charge in [-0.25, -0.2) is 4.79 Å². The first-order valence-electron chi connectivity index (χ1n) is 9.00. The van der Waals surface area contributed by atoms with E-state index < -0.39 is 5.60 Å². The number of rotatable bonds is 4. The number of nitrogens with zero attached hydrogens (tertiary/aromatic N) is 2. The van der Waals surface area contributed by atoms with Crippen molar-refractivity contribution in [1.82, 2.24) is 15.5 Å². The molecule has 136 valence electrons. The van der Waals surface area contributed by atoms with Gasteiger partial charge in [-0.05, 0) is 52.9 Å². The first-order chi connectivity index (χ1) is 11.4. The highest BCUT2D eigenvalue weighted by molar-refractivity contribution is 5.80. The van der Waals surface area contributed by atoms with E-state index in [9.17, 15) is 4.79 Å². The molecule has 1 fully saturated rings. The Balaban J connectivity index is 1.72. The SMILES string of the molecule is CN=C(NCCC1=CCCC1)N1CC[C@@H](NC(=O)OC(C)(C)C)C1. The molecule has 1 heterocycles. The lowest BCUT2D eigenvalue weighted by molar-refractivity contribution is 0.0507. The second kappa shape index (κ2) is 8.40. The number of allylic oxidation sites excluding steroid dienone is 1. The van der Waals surface area contributed by atoms with Crippen molar-refractivity contribution in [2.45, 2.75) is 64.5 Å². The fourth-order valence-electron chi connectivity index (χ4n) is 3.18. The molecule has 0 spiro atoms. The summed E-state index contributed by atoms with van der Waals surface area (Å²) in [6, 6.07) is 0.107. The highest BCUT2D eigenvalue weighted by Crippen LogP contribution is 2.20. The van der Waals surface area contributed by atoms with E-state index in [-0.39, 0.29) is 12.1 Å². The molecule has 1 atom stereocenters. The van der Waals surface area contributed by atoms with Crippen molar-refractivity contribution in [2.75, 3.05) is 26.7 Å². The molecular weight excluding hydrogens is 304 g/mol. The maximum absolute atomic E-state index is 11.9. The summed E-state index contributed by atoms with van der Waals surface area (Å²) in [5.41, 5.74) is 1.10. The van der Waals surface area contributed by atoms with E-state index in [0.29, 0.717) is 0 Å². The van der Waals surface area contributed by atoms with Gasteiger partial charge in [0.05, 0.1) is 6.04 Å². The maximum Gasteiger partial charge on any atom is 0.407 e. The average Bonchev–Trinajstić information content (AvgIpc) is 3.13. The van der Waals surface area contributed by atoms with Crippen LogP contribution < -0.4 is 10.6 Å². The van der Waals surface area contributed by atoms with Crippen molar-refractivity contribution in [3.05, 3.63) is 11.6 Å². The zero-order chi connectivity index (χ0) is 17.6. The van der Waals surface area contributed by atoms with Gasteiger partial charge >= 0.3 is 6.09 Å². The Morgan fingerprint density at radius 2 is 2.25 bits per heavy atom. The van der Waals surface area contributed by atoms with Crippen molar-refractivity contribution in [2.24, 2.45) is 4.99 Å². The van der Waals surface area contributed by atoms with Crippen molar-refractivity contribution in [3.8, 4) is 0 Å². The number of likely N-dealkylation sites (tertiary alicyclic amines) is 1. The number of hydrogen-bond donors (Lipinski definition) is 2. The molecule has 0 unspecified atom stereocenters. The standard InChI is InChI=1S/C18H32N4O2/c1-18(2,3)24-17(23)21-15-10-12-22(13-15)16(19-4)20-11-9-14-7-5-6-8-14/h7,15H,5-6,8-13H2,1-4H3,(H,19,20)(H,21,23)/t15-/m1/s1. The molecule has 24 heavy (non-hydrogen) atoms. The number of ether oxygens (including phenoxy) is 1. The lowest BCUT2D eigenvalue weighted by atomic mass is 10.2. The van der Waals surface area contributed by atoms with Crippen molar-refractivity contribution < 1.29 is 9.53 Å². The number of alkyl carbamates (subject to hydrolysis) is 1. The maximum atomic E-state index is 11.9. The molecule has 6 nitrogen and oxygen atoms in total. The van der Waals surface area contributed by atoms with E-state index in [2.05, 4.69) is 26.6 Å². The Kier molecular flexibility index (Phi) is 6.52. The third-order valence-corrected chi connectivity index (χ3v) is 4.28. The molecule has 2 rings (SSSR count). The predicted octanol–water partition coefficient (Wildman–Crippen LogP) is 2.66. The van der Waals surface area contributed by atoms with Crippen molar-refractivity contribution in [3.63, 3.8) is 0 Å². The molecule has 6 heteroatoms. The largest absolute Gasteiger partial charge is 0.444 e. The van der Waals surface area contributed by atoms with E-state index in [0.717, 1.165) is 38.4 Å². The van der Waals surface area contributed by atoms with E-state index in [4.69, 9.17) is 4.74 Å². The molecule has 0 aromatic heterocycles. The molecule has 1 amide bonds. The summed E-state index contributed by atoms with van der Waals surface area (Å²) in [6.45, 7) is 8.20. The summed E-state index contributed by atoms with van der Waals surface area (Å²) >= 11 is 0. The summed E-state index contributed by atoms with van der Waals surface area (Å²) < 4.78 is 5.32. The zero-order valence-electron chi connectivity index (χ0n) is 15.5. The zero-order valence-corrected chi connectivity index (χ0v) is 15.5. The molecule has 2 N–H and O–H groups in total. The minimum atomic E-state index is -0.463. The van der Waals surface area contributed by atoms with Crippen LogP contribution in [0.5, 0.6) is 0 Å². The molecular formula is C18H32N4O2. The van der Waals surface area contributed by atoms with Crippen LogP contribution in [0.1, 0.15) is 52.9 Å². The van der Waals surface area contributed by atoms with Gasteiger partial charge in [0.1, 0.15) is 5.60 Å². The fraction of sp³-hybridized carbons (Fsp3) is 0.778. The van der Waals surface area contributed by atoms with Crippen molar-refractivity contribution >= 4 is 12.1 Å². The molecule has 0 radical (unpaired) electrons. The van der Waals surface area contributed by atoms with E-state index >= 15 is 0 Å². The van der Waals surface area contributed by atoms with Crippen LogP contribution in [0.4, 0.5) is 4.79 Å². The van der Waals surface area contributed by atoms with E-state index in [1.807, 2.05) is 27.8 Å². The topological polar surface area (TPSA) is 66.0 Å². The summed E-state index contributed by atoms with van der Waals surface area (Å²) in [5, 5.41) is 6.39. The monoisotopic (exact) mass is 336 g/mol. The Morgan fingerprint density at radius 1 is 1.46 bits per heavy atom. The average molecular weight is 336 g/mol. The minimum Gasteiger partial charge on any atom is -0.444 e. The summed E-state index contributed by atoms with van der Waals surface area (Å²) in [4.78, 5) is 18.5. The quantitative estimate of drug-likeness (QED) is 0.471. The molecule has 0 saturated carbocycles. The molecule has 0 bridgehead atoms. The van der Waals surface area contributed by atoms with Crippen LogP contribution in [0, 0.1) is 0 Å². The Labute approximate surface area is 145 Å². The molecule has 0 aromatic carbocycles. The lowest BCUT2D eigenvalue weighted by Crippen LogP contribution is -2.44. The second-order valence-corrected chi connectivity index (χ2v) is 7.56. The fourth-order valence-corrected chi connectivity index (χ4v) is 3.18. The Morgan fingerprint density at radius 3 is 2.88 bits per heavy atom. The van der Waals surface area contributed by atoms with Crippen LogP contribution in [-0.2, 0) is 4.74 Å². The predicted molar refractivity (Wildman–Crippen MR) is 97.3 cm³/mol. The number of amides is 1. The summed E-state index contributed by atoms with van der Waals surface area (Å²) in [5.74, 6) is 0.919. The van der Waals surface area contributed by atoms with E-state index in [1.54, 1.807) is 5.57 Å².